The Hall–Kier alpha value is -1.57. The maximum atomic E-state index is 12.5. The van der Waals surface area contributed by atoms with Crippen LogP contribution >= 0.6 is 0 Å². The molecule has 1 rings (SSSR count). The molecule has 0 saturated heterocycles. The number of carbonyl (C=O) groups excluding carboxylic acids is 1. The molecule has 1 aromatic carbocycles. The Labute approximate surface area is 123 Å². The lowest BCUT2D eigenvalue weighted by Gasteiger charge is -2.10. The van der Waals surface area contributed by atoms with Gasteiger partial charge in [-0.1, -0.05) is 13.3 Å². The predicted molar refractivity (Wildman–Crippen MR) is 75.0 cm³/mol. The molecule has 118 valence electrons. The van der Waals surface area contributed by atoms with Crippen LogP contribution in [0.3, 0.4) is 0 Å². The Bertz CT molecular complexity index is 533. The molecule has 8 heteroatoms. The summed E-state index contributed by atoms with van der Waals surface area (Å²) in [6, 6.07) is 2.58. The van der Waals surface area contributed by atoms with E-state index in [-0.39, 0.29) is 16.3 Å². The average molecular weight is 322 g/mol. The van der Waals surface area contributed by atoms with Gasteiger partial charge in [0.15, 0.2) is 0 Å². The third-order valence-corrected chi connectivity index (χ3v) is 4.08. The Morgan fingerprint density at radius 1 is 1.38 bits per heavy atom. The van der Waals surface area contributed by atoms with Crippen LogP contribution in [-0.4, -0.2) is 22.4 Å². The normalized spacial score (nSPS) is 13.0. The Balaban J connectivity index is 2.73. The van der Waals surface area contributed by atoms with Crippen molar-refractivity contribution in [3.05, 3.63) is 23.8 Å². The number of benzene rings is 1. The number of amides is 1. The van der Waals surface area contributed by atoms with Crippen LogP contribution in [0.1, 0.15) is 25.3 Å². The van der Waals surface area contributed by atoms with Crippen LogP contribution in [0.25, 0.3) is 0 Å². The van der Waals surface area contributed by atoms with Crippen LogP contribution in [0.4, 0.5) is 18.9 Å². The number of halogens is 3. The first-order chi connectivity index (χ1) is 9.75. The number of rotatable bonds is 6. The maximum Gasteiger partial charge on any atom is 0.416 e. The number of hydrogen-bond acceptors (Lipinski definition) is 3. The smallest absolute Gasteiger partial charge is 0.398 e. The van der Waals surface area contributed by atoms with Gasteiger partial charge in [0.05, 0.1) is 21.3 Å². The van der Waals surface area contributed by atoms with E-state index in [0.29, 0.717) is 6.54 Å². The molecule has 0 saturated carbocycles. The zero-order chi connectivity index (χ0) is 16.0. The fourth-order valence-corrected chi connectivity index (χ4v) is 2.62. The number of nitrogens with one attached hydrogen (secondary N) is 1. The fraction of sp³-hybridized carbons (Fsp3) is 0.462. The summed E-state index contributed by atoms with van der Waals surface area (Å²) in [5.74, 6) is -0.736. The average Bonchev–Trinajstić information content (AvgIpc) is 2.37. The summed E-state index contributed by atoms with van der Waals surface area (Å²) in [5, 5.41) is 2.59. The highest BCUT2D eigenvalue weighted by atomic mass is 32.2. The summed E-state index contributed by atoms with van der Waals surface area (Å²) >= 11 is 0. The summed E-state index contributed by atoms with van der Waals surface area (Å²) < 4.78 is 49.4. The Morgan fingerprint density at radius 2 is 2.05 bits per heavy atom. The van der Waals surface area contributed by atoms with E-state index in [1.165, 1.54) is 0 Å². The second-order valence-corrected chi connectivity index (χ2v) is 5.86. The van der Waals surface area contributed by atoms with Crippen LogP contribution in [0.15, 0.2) is 23.1 Å². The quantitative estimate of drug-likeness (QED) is 0.623. The molecule has 3 N–H and O–H groups in total. The van der Waals surface area contributed by atoms with Gasteiger partial charge in [0.25, 0.3) is 0 Å². The van der Waals surface area contributed by atoms with Crippen LogP contribution in [0, 0.1) is 0 Å². The van der Waals surface area contributed by atoms with Gasteiger partial charge < -0.3 is 11.1 Å². The van der Waals surface area contributed by atoms with E-state index in [0.717, 1.165) is 31.0 Å². The zero-order valence-electron chi connectivity index (χ0n) is 11.5. The number of hydrogen-bond donors (Lipinski definition) is 2. The molecule has 4 nitrogen and oxygen atoms in total. The predicted octanol–water partition coefficient (Wildman–Crippen LogP) is 2.31. The third-order valence-electron chi connectivity index (χ3n) is 2.70. The van der Waals surface area contributed by atoms with Crippen molar-refractivity contribution < 1.29 is 22.2 Å². The molecule has 21 heavy (non-hydrogen) atoms. The van der Waals surface area contributed by atoms with Crippen molar-refractivity contribution in [2.24, 2.45) is 0 Å². The fourth-order valence-electron chi connectivity index (χ4n) is 1.58. The Kier molecular flexibility index (Phi) is 6.19. The lowest BCUT2D eigenvalue weighted by molar-refractivity contribution is -0.137. The van der Waals surface area contributed by atoms with Crippen LogP contribution in [0.2, 0.25) is 0 Å². The second-order valence-electron chi connectivity index (χ2n) is 4.44. The molecule has 0 aliphatic carbocycles. The highest BCUT2D eigenvalue weighted by Crippen LogP contribution is 2.32. The first-order valence-electron chi connectivity index (χ1n) is 6.37. The molecular formula is C13H17F3N2O2S. The number of nitrogen functional groups attached to an aromatic ring is 1. The molecule has 0 radical (unpaired) electrons. The first-order valence-corrected chi connectivity index (χ1v) is 7.69. The van der Waals surface area contributed by atoms with Gasteiger partial charge in [-0.25, -0.2) is 0 Å². The topological polar surface area (TPSA) is 72.2 Å². The van der Waals surface area contributed by atoms with Gasteiger partial charge in [-0.3, -0.25) is 9.00 Å². The van der Waals surface area contributed by atoms with Gasteiger partial charge in [0.2, 0.25) is 5.91 Å². The first kappa shape index (κ1) is 17.5. The minimum absolute atomic E-state index is 0.0358. The number of nitrogens with two attached hydrogens (primary N) is 1. The van der Waals surface area contributed by atoms with Crippen molar-refractivity contribution in [1.29, 1.82) is 0 Å². The molecule has 0 aromatic heterocycles. The van der Waals surface area contributed by atoms with E-state index < -0.39 is 28.4 Å². The van der Waals surface area contributed by atoms with E-state index in [4.69, 9.17) is 5.73 Å². The SMILES string of the molecule is CCCCNC(=O)CS(=O)c1ccc(C(F)(F)F)cc1N. The standard InChI is InChI=1S/C13H17F3N2O2S/c1-2-3-6-18-12(19)8-21(20)11-5-4-9(7-10(11)17)13(14,15)16/h4-5,7H,2-3,6,8,17H2,1H3,(H,18,19). The van der Waals surface area contributed by atoms with E-state index in [1.807, 2.05) is 6.92 Å². The van der Waals surface area contributed by atoms with E-state index in [2.05, 4.69) is 5.32 Å². The van der Waals surface area contributed by atoms with Gasteiger partial charge in [-0.15, -0.1) is 0 Å². The lowest BCUT2D eigenvalue weighted by atomic mass is 10.2. The molecule has 0 aliphatic rings. The van der Waals surface area contributed by atoms with Crippen LogP contribution < -0.4 is 11.1 Å². The molecule has 0 heterocycles. The van der Waals surface area contributed by atoms with Gasteiger partial charge in [-0.2, -0.15) is 13.2 Å². The van der Waals surface area contributed by atoms with Crippen LogP contribution in [0.5, 0.6) is 0 Å². The van der Waals surface area contributed by atoms with Crippen molar-refractivity contribution in [1.82, 2.24) is 5.32 Å². The van der Waals surface area contributed by atoms with E-state index in [9.17, 15) is 22.2 Å². The van der Waals surface area contributed by atoms with Crippen molar-refractivity contribution in [3.8, 4) is 0 Å². The molecule has 1 aromatic rings. The summed E-state index contributed by atoms with van der Waals surface area (Å²) in [5.41, 5.74) is 4.35. The van der Waals surface area contributed by atoms with Gasteiger partial charge in [0, 0.05) is 12.2 Å². The molecule has 0 aliphatic heterocycles. The molecule has 0 fully saturated rings. The van der Waals surface area contributed by atoms with Gasteiger partial charge in [0.1, 0.15) is 5.75 Å². The van der Waals surface area contributed by atoms with Gasteiger partial charge in [-0.05, 0) is 24.6 Å². The van der Waals surface area contributed by atoms with E-state index >= 15 is 0 Å². The van der Waals surface area contributed by atoms with E-state index in [1.54, 1.807) is 0 Å². The second kappa shape index (κ2) is 7.44. The van der Waals surface area contributed by atoms with Crippen molar-refractivity contribution in [2.75, 3.05) is 18.0 Å². The zero-order valence-corrected chi connectivity index (χ0v) is 12.3. The molecule has 0 bridgehead atoms. The third kappa shape index (κ3) is 5.37. The lowest BCUT2D eigenvalue weighted by Crippen LogP contribution is -2.29. The number of alkyl halides is 3. The van der Waals surface area contributed by atoms with Crippen molar-refractivity contribution in [3.63, 3.8) is 0 Å². The molecule has 1 unspecified atom stereocenters. The van der Waals surface area contributed by atoms with Crippen molar-refractivity contribution >= 4 is 22.4 Å². The number of unbranched alkanes of at least 4 members (excludes halogenated alkanes) is 1. The summed E-state index contributed by atoms with van der Waals surface area (Å²) in [6.45, 7) is 2.45. The van der Waals surface area contributed by atoms with Crippen LogP contribution in [-0.2, 0) is 21.8 Å². The largest absolute Gasteiger partial charge is 0.416 e. The summed E-state index contributed by atoms with van der Waals surface area (Å²) in [4.78, 5) is 11.5. The van der Waals surface area contributed by atoms with Gasteiger partial charge >= 0.3 is 6.18 Å². The highest BCUT2D eigenvalue weighted by molar-refractivity contribution is 7.86. The summed E-state index contributed by atoms with van der Waals surface area (Å²) in [6.07, 6.45) is -2.79. The maximum absolute atomic E-state index is 12.5. The highest BCUT2D eigenvalue weighted by Gasteiger charge is 2.31. The Morgan fingerprint density at radius 3 is 2.57 bits per heavy atom. The summed E-state index contributed by atoms with van der Waals surface area (Å²) in [7, 11) is -1.77. The number of anilines is 1. The minimum Gasteiger partial charge on any atom is -0.398 e. The monoisotopic (exact) mass is 322 g/mol. The molecule has 1 amide bonds. The molecular weight excluding hydrogens is 305 g/mol. The minimum atomic E-state index is -4.51. The molecule has 0 spiro atoms. The molecule has 1 atom stereocenters. The number of carbonyl (C=O) groups is 1. The van der Waals surface area contributed by atoms with Crippen molar-refractivity contribution in [2.45, 2.75) is 30.8 Å².